The Morgan fingerprint density at radius 2 is 1.89 bits per heavy atom. The van der Waals surface area contributed by atoms with Gasteiger partial charge >= 0.3 is 0 Å². The molecular weight excluding hydrogens is 343 g/mol. The first-order chi connectivity index (χ1) is 13.2. The summed E-state index contributed by atoms with van der Waals surface area (Å²) in [5.41, 5.74) is 2.58. The first-order valence-corrected chi connectivity index (χ1v) is 10.0. The molecule has 1 aliphatic heterocycles. The largest absolute Gasteiger partial charge is 0.346 e. The molecule has 0 bridgehead atoms. The predicted octanol–water partition coefficient (Wildman–Crippen LogP) is 3.49. The van der Waals surface area contributed by atoms with Crippen LogP contribution in [0.1, 0.15) is 60.3 Å². The average molecular weight is 370 g/mol. The lowest BCUT2D eigenvalue weighted by Crippen LogP contribution is -2.36. The molecule has 4 rings (SSSR count). The first kappa shape index (κ1) is 18.2. The van der Waals surface area contributed by atoms with Crippen LogP contribution in [0, 0.1) is 5.82 Å². The van der Waals surface area contributed by atoms with Gasteiger partial charge in [0.2, 0.25) is 0 Å². The van der Waals surface area contributed by atoms with Gasteiger partial charge in [0.15, 0.2) is 0 Å². The minimum Gasteiger partial charge on any atom is -0.346 e. The van der Waals surface area contributed by atoms with E-state index in [9.17, 15) is 9.18 Å². The molecule has 2 heterocycles. The number of halogens is 1. The average Bonchev–Trinajstić information content (AvgIpc) is 2.97. The molecule has 1 aromatic carbocycles. The monoisotopic (exact) mass is 370 g/mol. The summed E-state index contributed by atoms with van der Waals surface area (Å²) in [6.07, 6.45) is 7.82. The summed E-state index contributed by atoms with van der Waals surface area (Å²) in [6.45, 7) is 3.42. The number of hydrogen-bond acceptors (Lipinski definition) is 3. The third-order valence-electron chi connectivity index (χ3n) is 5.72. The van der Waals surface area contributed by atoms with E-state index in [4.69, 9.17) is 0 Å². The molecule has 5 nitrogen and oxygen atoms in total. The van der Waals surface area contributed by atoms with E-state index in [1.165, 1.54) is 62.1 Å². The SMILES string of the molecule is O=C(NCc1cc2n(n1)CCCN(C1CCCCC1)C2)c1ccc(F)cc1. The van der Waals surface area contributed by atoms with Gasteiger partial charge in [0.05, 0.1) is 17.9 Å². The molecule has 1 aliphatic carbocycles. The highest BCUT2D eigenvalue weighted by atomic mass is 19.1. The summed E-state index contributed by atoms with van der Waals surface area (Å²) in [7, 11) is 0. The predicted molar refractivity (Wildman–Crippen MR) is 102 cm³/mol. The number of fused-ring (bicyclic) bond motifs is 1. The zero-order valence-corrected chi connectivity index (χ0v) is 15.7. The van der Waals surface area contributed by atoms with Crippen LogP contribution in [0.15, 0.2) is 30.3 Å². The fourth-order valence-corrected chi connectivity index (χ4v) is 4.26. The summed E-state index contributed by atoms with van der Waals surface area (Å²) in [6, 6.07) is 8.42. The summed E-state index contributed by atoms with van der Waals surface area (Å²) in [5, 5.41) is 7.57. The highest BCUT2D eigenvalue weighted by molar-refractivity contribution is 5.94. The Hall–Kier alpha value is -2.21. The molecule has 0 spiro atoms. The topological polar surface area (TPSA) is 50.2 Å². The lowest BCUT2D eigenvalue weighted by molar-refractivity contribution is 0.0950. The maximum Gasteiger partial charge on any atom is 0.251 e. The van der Waals surface area contributed by atoms with Gasteiger partial charge in [-0.1, -0.05) is 19.3 Å². The van der Waals surface area contributed by atoms with Crippen molar-refractivity contribution in [1.82, 2.24) is 20.0 Å². The van der Waals surface area contributed by atoms with E-state index < -0.39 is 0 Å². The number of nitrogens with zero attached hydrogens (tertiary/aromatic N) is 3. The number of aryl methyl sites for hydroxylation is 1. The molecule has 0 unspecified atom stereocenters. The standard InChI is InChI=1S/C21H27FN4O/c22-17-9-7-16(8-10-17)21(27)23-14-18-13-20-15-25(11-4-12-26(20)24-18)19-5-2-1-3-6-19/h7-10,13,19H,1-6,11-12,14-15H2,(H,23,27). The third-order valence-corrected chi connectivity index (χ3v) is 5.72. The van der Waals surface area contributed by atoms with Gasteiger partial charge in [-0.25, -0.2) is 4.39 Å². The fraction of sp³-hybridized carbons (Fsp3) is 0.524. The van der Waals surface area contributed by atoms with Crippen LogP contribution < -0.4 is 5.32 Å². The second-order valence-electron chi connectivity index (χ2n) is 7.66. The molecule has 0 atom stereocenters. The Morgan fingerprint density at radius 1 is 1.11 bits per heavy atom. The number of aromatic nitrogens is 2. The maximum absolute atomic E-state index is 13.0. The quantitative estimate of drug-likeness (QED) is 0.896. The Labute approximate surface area is 159 Å². The van der Waals surface area contributed by atoms with E-state index in [1.807, 2.05) is 0 Å². The van der Waals surface area contributed by atoms with Crippen LogP contribution in [-0.2, 0) is 19.6 Å². The lowest BCUT2D eigenvalue weighted by Gasteiger charge is -2.33. The van der Waals surface area contributed by atoms with Gasteiger partial charge in [0, 0.05) is 31.2 Å². The highest BCUT2D eigenvalue weighted by Gasteiger charge is 2.24. The number of nitrogens with one attached hydrogen (secondary N) is 1. The van der Waals surface area contributed by atoms with Crippen molar-refractivity contribution in [3.63, 3.8) is 0 Å². The van der Waals surface area contributed by atoms with E-state index in [1.54, 1.807) is 0 Å². The highest BCUT2D eigenvalue weighted by Crippen LogP contribution is 2.26. The Morgan fingerprint density at radius 3 is 2.67 bits per heavy atom. The molecule has 0 saturated heterocycles. The smallest absolute Gasteiger partial charge is 0.251 e. The maximum atomic E-state index is 13.0. The summed E-state index contributed by atoms with van der Waals surface area (Å²) >= 11 is 0. The summed E-state index contributed by atoms with van der Waals surface area (Å²) in [5.74, 6) is -0.547. The van der Waals surface area contributed by atoms with Crippen LogP contribution in [0.3, 0.4) is 0 Å². The molecule has 2 aromatic rings. The minimum absolute atomic E-state index is 0.206. The van der Waals surface area contributed by atoms with E-state index in [0.29, 0.717) is 18.2 Å². The second kappa shape index (κ2) is 8.21. The molecule has 2 aliphatic rings. The molecular formula is C21H27FN4O. The van der Waals surface area contributed by atoms with Crippen LogP contribution >= 0.6 is 0 Å². The molecule has 1 saturated carbocycles. The molecule has 1 aromatic heterocycles. The zero-order valence-electron chi connectivity index (χ0n) is 15.7. The third kappa shape index (κ3) is 4.38. The van der Waals surface area contributed by atoms with Crippen LogP contribution in [0.5, 0.6) is 0 Å². The van der Waals surface area contributed by atoms with Crippen molar-refractivity contribution in [3.8, 4) is 0 Å². The van der Waals surface area contributed by atoms with Gasteiger partial charge < -0.3 is 5.32 Å². The van der Waals surface area contributed by atoms with Crippen molar-refractivity contribution in [3.05, 3.63) is 53.1 Å². The molecule has 144 valence electrons. The number of rotatable bonds is 4. The van der Waals surface area contributed by atoms with Crippen molar-refractivity contribution >= 4 is 5.91 Å². The van der Waals surface area contributed by atoms with Crippen LogP contribution in [0.2, 0.25) is 0 Å². The zero-order chi connectivity index (χ0) is 18.6. The van der Waals surface area contributed by atoms with E-state index in [0.717, 1.165) is 31.7 Å². The lowest BCUT2D eigenvalue weighted by atomic mass is 9.94. The van der Waals surface area contributed by atoms with Gasteiger partial charge in [0.25, 0.3) is 5.91 Å². The number of hydrogen-bond donors (Lipinski definition) is 1. The molecule has 1 amide bonds. The minimum atomic E-state index is -0.341. The van der Waals surface area contributed by atoms with Gasteiger partial charge in [-0.3, -0.25) is 14.4 Å². The van der Waals surface area contributed by atoms with Crippen LogP contribution in [0.25, 0.3) is 0 Å². The Kier molecular flexibility index (Phi) is 5.53. The second-order valence-corrected chi connectivity index (χ2v) is 7.66. The fourth-order valence-electron chi connectivity index (χ4n) is 4.26. The number of carbonyl (C=O) groups is 1. The van der Waals surface area contributed by atoms with Crippen molar-refractivity contribution in [2.45, 2.75) is 64.2 Å². The van der Waals surface area contributed by atoms with E-state index in [-0.39, 0.29) is 11.7 Å². The van der Waals surface area contributed by atoms with Crippen molar-refractivity contribution in [2.75, 3.05) is 6.54 Å². The number of benzene rings is 1. The normalized spacial score (nSPS) is 18.7. The molecule has 1 N–H and O–H groups in total. The van der Waals surface area contributed by atoms with Gasteiger partial charge in [-0.05, 0) is 49.6 Å². The van der Waals surface area contributed by atoms with Crippen molar-refractivity contribution < 1.29 is 9.18 Å². The summed E-state index contributed by atoms with van der Waals surface area (Å²) < 4.78 is 15.1. The van der Waals surface area contributed by atoms with Gasteiger partial charge in [-0.15, -0.1) is 0 Å². The van der Waals surface area contributed by atoms with Crippen LogP contribution in [0.4, 0.5) is 4.39 Å². The van der Waals surface area contributed by atoms with E-state index >= 15 is 0 Å². The molecule has 6 heteroatoms. The van der Waals surface area contributed by atoms with Gasteiger partial charge in [-0.2, -0.15) is 5.10 Å². The number of carbonyl (C=O) groups excluding carboxylic acids is 1. The van der Waals surface area contributed by atoms with Gasteiger partial charge in [0.1, 0.15) is 5.82 Å². The Bertz CT molecular complexity index is 780. The molecule has 27 heavy (non-hydrogen) atoms. The Balaban J connectivity index is 1.38. The van der Waals surface area contributed by atoms with Crippen molar-refractivity contribution in [2.24, 2.45) is 0 Å². The molecule has 1 fully saturated rings. The van der Waals surface area contributed by atoms with E-state index in [2.05, 4.69) is 26.1 Å². The number of amides is 1. The molecule has 0 radical (unpaired) electrons. The summed E-state index contributed by atoms with van der Waals surface area (Å²) in [4.78, 5) is 14.8. The van der Waals surface area contributed by atoms with Crippen molar-refractivity contribution in [1.29, 1.82) is 0 Å². The van der Waals surface area contributed by atoms with Crippen LogP contribution in [-0.4, -0.2) is 33.2 Å². The first-order valence-electron chi connectivity index (χ1n) is 10.0.